The Morgan fingerprint density at radius 1 is 0.470 bits per heavy atom. The summed E-state index contributed by atoms with van der Waals surface area (Å²) in [4.78, 5) is 245. The summed E-state index contributed by atoms with van der Waals surface area (Å²) in [6.07, 6.45) is 0.0781. The first kappa shape index (κ1) is 102. The molecular weight excluding hydrogens is 1730 g/mol. The first-order valence-corrected chi connectivity index (χ1v) is 45.6. The fourth-order valence-electron chi connectivity index (χ4n) is 15.5. The third kappa shape index (κ3) is 29.4. The maximum Gasteiger partial charge on any atom is 0.305 e. The number of benzene rings is 6. The summed E-state index contributed by atoms with van der Waals surface area (Å²) in [6, 6.07) is 26.0. The fraction of sp³-hybridized carbons (Fsp3) is 0.411. The van der Waals surface area contributed by atoms with Gasteiger partial charge in [0, 0.05) is 101 Å². The number of likely N-dealkylation sites (N-methyl/N-ethyl adjacent to an activating group) is 5. The van der Waals surface area contributed by atoms with Gasteiger partial charge in [0.25, 0.3) is 0 Å². The molecule has 0 spiro atoms. The normalized spacial score (nSPS) is 21.7. The molecule has 0 aliphatic carbocycles. The second kappa shape index (κ2) is 48.8. The molecule has 37 heteroatoms. The average Bonchev–Trinajstić information content (AvgIpc) is 1.50. The van der Waals surface area contributed by atoms with Crippen LogP contribution >= 0.6 is 23.1 Å². The van der Waals surface area contributed by atoms with E-state index in [1.807, 2.05) is 36.6 Å². The number of unbranched alkanes of at least 4 members (excludes halogenated alkanes) is 1. The number of carbonyl (C=O) groups is 16. The number of nitrogens with one attached hydrogen (secondary N) is 10. The van der Waals surface area contributed by atoms with E-state index >= 15 is 43.2 Å². The molecule has 0 bridgehead atoms. The number of phenolic OH excluding ortho intramolecular Hbond substituents is 2. The van der Waals surface area contributed by atoms with Gasteiger partial charge >= 0.3 is 5.97 Å². The molecule has 1 aliphatic heterocycles. The number of hydrogen-bond acceptors (Lipinski definition) is 20. The number of phenols is 2. The van der Waals surface area contributed by atoms with Crippen molar-refractivity contribution in [2.24, 2.45) is 17.6 Å². The van der Waals surface area contributed by atoms with Crippen molar-refractivity contribution in [2.75, 3.05) is 66.4 Å². The second-order valence-electron chi connectivity index (χ2n) is 33.8. The molecule has 132 heavy (non-hydrogen) atoms. The van der Waals surface area contributed by atoms with E-state index in [-0.39, 0.29) is 74.5 Å². The van der Waals surface area contributed by atoms with Crippen LogP contribution < -0.4 is 53.6 Å². The lowest BCUT2D eigenvalue weighted by atomic mass is 9.98. The Hall–Kier alpha value is -13.7. The third-order valence-corrected chi connectivity index (χ3v) is 24.8. The van der Waals surface area contributed by atoms with Crippen molar-refractivity contribution >= 4 is 139 Å². The number of aromatic amines is 1. The van der Waals surface area contributed by atoms with E-state index in [1.165, 1.54) is 105 Å². The van der Waals surface area contributed by atoms with Gasteiger partial charge in [0.05, 0.1) is 31.8 Å². The third-order valence-electron chi connectivity index (χ3n) is 22.8. The molecule has 1 aliphatic rings. The van der Waals surface area contributed by atoms with Crippen LogP contribution in [0.5, 0.6) is 11.5 Å². The minimum absolute atomic E-state index is 0.0271. The Labute approximate surface area is 773 Å². The van der Waals surface area contributed by atoms with Crippen LogP contribution in [0, 0.1) is 11.8 Å². The van der Waals surface area contributed by atoms with Gasteiger partial charge in [0.2, 0.25) is 88.6 Å². The minimum atomic E-state index is -1.91. The van der Waals surface area contributed by atoms with Crippen LogP contribution in [0.3, 0.4) is 0 Å². The summed E-state index contributed by atoms with van der Waals surface area (Å²) in [5.74, 6) is -17.4. The molecular formula is C95H118N16O19S2. The quantitative estimate of drug-likeness (QED) is 0.0435. The highest BCUT2D eigenvalue weighted by atomic mass is 32.2. The van der Waals surface area contributed by atoms with Crippen LogP contribution in [0.2, 0.25) is 0 Å². The number of thiophene rings is 1. The van der Waals surface area contributed by atoms with E-state index in [1.54, 1.807) is 119 Å². The summed E-state index contributed by atoms with van der Waals surface area (Å²) in [5.41, 5.74) is 9.21. The molecule has 8 aromatic rings. The van der Waals surface area contributed by atoms with Gasteiger partial charge in [-0.2, -0.15) is 0 Å². The molecule has 35 nitrogen and oxygen atoms in total. The standard InChI is InChI=1S/C95H118N16O19S2/c1-11-12-30-75-93(128)108(7)51-81(116)100-71(47-83(118)119)89(124)106-84(56(4)5)95(130)110(9)76(43-57-23-15-13-16-24-57)90(125)104-72(42-60-34-38-64(113)39-35-60)91(126)107(6)50-80(115)99-70(45-61-48-97-67-29-21-19-27-65(61)67)88(123)103-69(41-59-32-36-63(112)37-33-59)87(122)102-68(40-55(2)3)86(121)105-74(85(120)98-49-79(96)114)53-131-54-82(117)101-73(46-62-52-132-78-31-22-20-28-66(62)78)92(127)111(10)77(94(129)109(75)8)44-58-25-17-14-18-26-58/h13-29,31-39,48,52,55-56,68-77,84,97,112-113H,11-12,30,40-47,49-51,53-54H2,1-10H3,(H2,96,114)(H,98,120)(H,99,115)(H,100,116)(H,101,117)(H,102,122)(H,103,123)(H,104,125)(H,105,121)(H,106,124)(H,118,119)/t68-,69-,70-,71-,72-,73-,74-,75-,76-,77-,84-/m0/s1. The molecule has 2 aromatic heterocycles. The predicted molar refractivity (Wildman–Crippen MR) is 497 cm³/mol. The lowest BCUT2D eigenvalue weighted by Gasteiger charge is -2.37. The number of aromatic hydroxyl groups is 2. The van der Waals surface area contributed by atoms with Crippen LogP contribution in [0.25, 0.3) is 21.0 Å². The number of primary amides is 1. The molecule has 704 valence electrons. The van der Waals surface area contributed by atoms with E-state index in [9.17, 15) is 48.9 Å². The molecule has 11 atom stereocenters. The number of H-pyrrole nitrogens is 1. The van der Waals surface area contributed by atoms with Crippen LogP contribution in [0.4, 0.5) is 0 Å². The van der Waals surface area contributed by atoms with Crippen molar-refractivity contribution in [2.45, 2.75) is 172 Å². The van der Waals surface area contributed by atoms with E-state index < -0.39 is 199 Å². The van der Waals surface area contributed by atoms with Gasteiger partial charge < -0.3 is 98.4 Å². The Morgan fingerprint density at radius 3 is 1.53 bits per heavy atom. The SMILES string of the molecule is CCCC[C@H]1C(=O)N(C)CC(=O)N[C@@H](CC(=O)O)C(=O)N[C@@H](C(C)C)C(=O)N(C)[C@@H](Cc2ccccc2)C(=O)N[C@@H](Cc2ccc(O)cc2)C(=O)N(C)CC(=O)N[C@@H](Cc2c[nH]c3ccccc23)C(=O)N[C@@H](Cc2ccc(O)cc2)C(=O)N[C@@H](CC(C)C)C(=O)N[C@H](C(=O)NCC(N)=O)CSCC(=O)N[C@@H](Cc2csc3ccccc23)C(=O)N(C)[C@@H](Cc2ccccc2)C(=O)N1C. The number of aliphatic carboxylic acids is 1. The van der Waals surface area contributed by atoms with Crippen molar-refractivity contribution < 1.29 is 92.0 Å². The number of hydrogen-bond donors (Lipinski definition) is 14. The molecule has 0 radical (unpaired) electrons. The lowest BCUT2D eigenvalue weighted by Crippen LogP contribution is -2.61. The van der Waals surface area contributed by atoms with Gasteiger partial charge in [0.1, 0.15) is 78.0 Å². The van der Waals surface area contributed by atoms with Gasteiger partial charge in [0.15, 0.2) is 0 Å². The van der Waals surface area contributed by atoms with Gasteiger partial charge in [-0.25, -0.2) is 0 Å². The van der Waals surface area contributed by atoms with E-state index in [0.29, 0.717) is 57.1 Å². The smallest absolute Gasteiger partial charge is 0.305 e. The van der Waals surface area contributed by atoms with Gasteiger partial charge in [-0.1, -0.05) is 169 Å². The number of carboxylic acids is 1. The average molecular weight is 1850 g/mol. The fourth-order valence-corrected chi connectivity index (χ4v) is 17.3. The van der Waals surface area contributed by atoms with Crippen LogP contribution in [0.1, 0.15) is 100 Å². The Bertz CT molecular complexity index is 5410. The first-order valence-electron chi connectivity index (χ1n) is 43.6. The number of nitrogens with two attached hydrogens (primary N) is 1. The van der Waals surface area contributed by atoms with Gasteiger partial charge in [-0.3, -0.25) is 76.7 Å². The zero-order valence-corrected chi connectivity index (χ0v) is 77.1. The summed E-state index contributed by atoms with van der Waals surface area (Å²) in [7, 11) is 6.57. The Morgan fingerprint density at radius 2 is 0.947 bits per heavy atom. The lowest BCUT2D eigenvalue weighted by molar-refractivity contribution is -0.151. The molecule has 1 fully saturated rings. The number of aromatic nitrogens is 1. The van der Waals surface area contributed by atoms with Gasteiger partial charge in [-0.15, -0.1) is 23.1 Å². The van der Waals surface area contributed by atoms with Crippen molar-refractivity contribution in [1.82, 2.24) is 77.3 Å². The number of carbonyl (C=O) groups excluding carboxylic acids is 15. The zero-order valence-electron chi connectivity index (χ0n) is 75.5. The number of fused-ring (bicyclic) bond motifs is 2. The molecule has 6 aromatic carbocycles. The van der Waals surface area contributed by atoms with Crippen molar-refractivity contribution in [3.05, 3.63) is 203 Å². The maximum atomic E-state index is 15.7. The topological polar surface area (TPSA) is 500 Å². The van der Waals surface area contributed by atoms with Crippen molar-refractivity contribution in [3.63, 3.8) is 0 Å². The molecule has 1 saturated heterocycles. The Balaban J connectivity index is 1.12. The van der Waals surface area contributed by atoms with E-state index in [2.05, 4.69) is 52.8 Å². The number of thioether (sulfide) groups is 1. The highest BCUT2D eigenvalue weighted by Crippen LogP contribution is 2.29. The maximum absolute atomic E-state index is 15.7. The molecule has 15 N–H and O–H groups in total. The number of nitrogens with zero attached hydrogens (tertiary/aromatic N) is 5. The molecule has 0 unspecified atom stereocenters. The van der Waals surface area contributed by atoms with Gasteiger partial charge in [-0.05, 0) is 105 Å². The predicted octanol–water partition coefficient (Wildman–Crippen LogP) is 3.54. The number of carboxylic acid groups (broad SMARTS) is 1. The monoisotopic (exact) mass is 1850 g/mol. The molecule has 15 amide bonds. The molecule has 9 rings (SSSR count). The number of amides is 15. The first-order chi connectivity index (χ1) is 62.9. The van der Waals surface area contributed by atoms with E-state index in [4.69, 9.17) is 5.73 Å². The van der Waals surface area contributed by atoms with Crippen LogP contribution in [0.15, 0.2) is 169 Å². The van der Waals surface area contributed by atoms with Crippen molar-refractivity contribution in [1.29, 1.82) is 0 Å². The molecule has 3 heterocycles. The largest absolute Gasteiger partial charge is 0.508 e. The van der Waals surface area contributed by atoms with Crippen molar-refractivity contribution in [3.8, 4) is 11.5 Å². The summed E-state index contributed by atoms with van der Waals surface area (Å²) >= 11 is 2.22. The second-order valence-corrected chi connectivity index (χ2v) is 35.8. The Kier molecular flexibility index (Phi) is 37.7. The summed E-state index contributed by atoms with van der Waals surface area (Å²) in [6.45, 7) is 6.18. The number of para-hydroxylation sites is 1. The minimum Gasteiger partial charge on any atom is -0.508 e. The molecule has 0 saturated carbocycles. The van der Waals surface area contributed by atoms with Crippen LogP contribution in [-0.2, 0) is 115 Å². The van der Waals surface area contributed by atoms with E-state index in [0.717, 1.165) is 36.5 Å². The zero-order chi connectivity index (χ0) is 96.2. The van der Waals surface area contributed by atoms with Crippen LogP contribution in [-0.4, -0.2) is 272 Å². The number of rotatable bonds is 23. The summed E-state index contributed by atoms with van der Waals surface area (Å²) < 4.78 is 0.856. The summed E-state index contributed by atoms with van der Waals surface area (Å²) in [5, 5.41) is 58.4. The highest BCUT2D eigenvalue weighted by Gasteiger charge is 2.43. The highest BCUT2D eigenvalue weighted by molar-refractivity contribution is 8.00.